The highest BCUT2D eigenvalue weighted by Gasteiger charge is 2.42. The van der Waals surface area contributed by atoms with Crippen molar-refractivity contribution >= 4 is 53.1 Å². The first-order valence-corrected chi connectivity index (χ1v) is 25.3. The zero-order chi connectivity index (χ0) is 54.4. The van der Waals surface area contributed by atoms with Gasteiger partial charge in [0.25, 0.3) is 0 Å². The van der Waals surface area contributed by atoms with Gasteiger partial charge in [0.2, 0.25) is 35.4 Å². The third-order valence-electron chi connectivity index (χ3n) is 13.8. The molecule has 2 aromatic carbocycles. The maximum absolute atomic E-state index is 14.2. The van der Waals surface area contributed by atoms with Crippen LogP contribution in [0.4, 0.5) is 10.5 Å². The zero-order valence-corrected chi connectivity index (χ0v) is 44.2. The molecule has 3 rings (SSSR count). The zero-order valence-electron chi connectivity index (χ0n) is 44.2. The molecule has 1 fully saturated rings. The Morgan fingerprint density at radius 1 is 0.849 bits per heavy atom. The van der Waals surface area contributed by atoms with E-state index in [1.54, 1.807) is 60.2 Å². The summed E-state index contributed by atoms with van der Waals surface area (Å²) in [5, 5.41) is 23.3. The Bertz CT molecular complexity index is 2110. The number of rotatable bonds is 31. The minimum Gasteiger partial charge on any atom is -0.480 e. The predicted molar refractivity (Wildman–Crippen MR) is 277 cm³/mol. The topological polar surface area (TPSA) is 297 Å². The lowest BCUT2D eigenvalue weighted by Crippen LogP contribution is -2.55. The molecule has 21 nitrogen and oxygen atoms in total. The second kappa shape index (κ2) is 30.8. The number of likely N-dealkylation sites (tertiary alicyclic amines) is 1. The molecule has 73 heavy (non-hydrogen) atoms. The summed E-state index contributed by atoms with van der Waals surface area (Å²) in [5.74, 6) is -4.51. The molecule has 2 unspecified atom stereocenters. The first kappa shape index (κ1) is 61.1. The number of methoxy groups -OCH3 is 2. The second-order valence-corrected chi connectivity index (χ2v) is 19.3. The fourth-order valence-electron chi connectivity index (χ4n) is 9.55. The number of carboxylic acid groups (broad SMARTS) is 1. The average Bonchev–Trinajstić information content (AvgIpc) is 3.85. The van der Waals surface area contributed by atoms with Gasteiger partial charge >= 0.3 is 12.0 Å². The molecule has 0 bridgehead atoms. The molecule has 0 spiro atoms. The van der Waals surface area contributed by atoms with Crippen molar-refractivity contribution in [3.63, 3.8) is 0 Å². The Morgan fingerprint density at radius 3 is 2.10 bits per heavy atom. The van der Waals surface area contributed by atoms with Crippen LogP contribution in [0, 0.1) is 17.8 Å². The smallest absolute Gasteiger partial charge is 0.326 e. The molecule has 1 heterocycles. The van der Waals surface area contributed by atoms with Crippen molar-refractivity contribution in [1.82, 2.24) is 36.0 Å². The van der Waals surface area contributed by atoms with Gasteiger partial charge in [0.15, 0.2) is 0 Å². The van der Waals surface area contributed by atoms with Crippen LogP contribution < -0.4 is 38.1 Å². The number of hydrogen-bond donors (Lipinski definition) is 8. The Kier molecular flexibility index (Phi) is 25.8. The van der Waals surface area contributed by atoms with Crippen molar-refractivity contribution in [3.05, 3.63) is 65.7 Å². The number of amides is 8. The van der Waals surface area contributed by atoms with Crippen molar-refractivity contribution in [3.8, 4) is 0 Å². The third-order valence-corrected chi connectivity index (χ3v) is 13.8. The molecule has 9 atom stereocenters. The van der Waals surface area contributed by atoms with Gasteiger partial charge in [-0.15, -0.1) is 0 Å². The van der Waals surface area contributed by atoms with E-state index in [2.05, 4.69) is 26.6 Å². The number of aliphatic carboxylic acids is 1. The van der Waals surface area contributed by atoms with Crippen LogP contribution in [-0.4, -0.2) is 171 Å². The van der Waals surface area contributed by atoms with Crippen LogP contribution in [-0.2, 0) is 55.9 Å². The van der Waals surface area contributed by atoms with E-state index in [1.807, 2.05) is 57.8 Å². The number of benzene rings is 2. The lowest BCUT2D eigenvalue weighted by molar-refractivity contribution is -0.147. The van der Waals surface area contributed by atoms with E-state index >= 15 is 0 Å². The minimum absolute atomic E-state index is 0.0625. The van der Waals surface area contributed by atoms with Gasteiger partial charge in [-0.3, -0.25) is 33.7 Å². The van der Waals surface area contributed by atoms with E-state index in [9.17, 15) is 43.5 Å². The molecule has 2 aromatic rings. The van der Waals surface area contributed by atoms with E-state index in [4.69, 9.17) is 20.9 Å². The summed E-state index contributed by atoms with van der Waals surface area (Å²) >= 11 is 0. The molecule has 0 radical (unpaired) electrons. The van der Waals surface area contributed by atoms with Gasteiger partial charge in [-0.25, -0.2) is 9.59 Å². The molecule has 10 N–H and O–H groups in total. The maximum atomic E-state index is 14.2. The normalized spacial score (nSPS) is 16.8. The van der Waals surface area contributed by atoms with E-state index in [-0.39, 0.29) is 68.5 Å². The molecule has 1 aliphatic rings. The summed E-state index contributed by atoms with van der Waals surface area (Å²) in [6, 6.07) is 11.9. The highest BCUT2D eigenvalue weighted by Crippen LogP contribution is 2.29. The van der Waals surface area contributed by atoms with E-state index in [0.29, 0.717) is 50.9 Å². The second-order valence-electron chi connectivity index (χ2n) is 19.3. The van der Waals surface area contributed by atoms with Crippen LogP contribution in [0.1, 0.15) is 84.3 Å². The van der Waals surface area contributed by atoms with Crippen LogP contribution in [0.25, 0.3) is 0 Å². The Balaban J connectivity index is 1.62. The number of nitrogens with two attached hydrogens (primary N) is 2. The lowest BCUT2D eigenvalue weighted by atomic mass is 9.90. The number of ether oxygens (including phenoxy) is 2. The average molecular weight is 1020 g/mol. The summed E-state index contributed by atoms with van der Waals surface area (Å²) in [7, 11) is 6.47. The number of carboxylic acids is 1. The van der Waals surface area contributed by atoms with Crippen LogP contribution >= 0.6 is 0 Å². The first-order chi connectivity index (χ1) is 34.7. The summed E-state index contributed by atoms with van der Waals surface area (Å²) in [5.41, 5.74) is 12.8. The number of carbonyl (C=O) groups is 8. The quantitative estimate of drug-likeness (QED) is 0.0501. The van der Waals surface area contributed by atoms with E-state index in [1.165, 1.54) is 14.2 Å². The minimum atomic E-state index is -1.16. The fraction of sp³-hybridized carbons (Fsp3) is 0.615. The predicted octanol–water partition coefficient (Wildman–Crippen LogP) is 1.86. The van der Waals surface area contributed by atoms with Gasteiger partial charge in [0.05, 0.1) is 55.8 Å². The molecule has 1 saturated heterocycles. The molecule has 1 aliphatic heterocycles. The number of nitrogens with zero attached hydrogens (tertiary/aromatic N) is 3. The number of urea groups is 1. The molecule has 0 aliphatic carbocycles. The summed E-state index contributed by atoms with van der Waals surface area (Å²) in [4.78, 5) is 109. The summed E-state index contributed by atoms with van der Waals surface area (Å²) < 4.78 is 11.9. The van der Waals surface area contributed by atoms with Crippen molar-refractivity contribution in [2.75, 3.05) is 66.4 Å². The highest BCUT2D eigenvalue weighted by atomic mass is 16.5. The van der Waals surface area contributed by atoms with Crippen molar-refractivity contribution in [1.29, 1.82) is 0 Å². The maximum Gasteiger partial charge on any atom is 0.326 e. The number of nitrogens with one attached hydrogen (secondary N) is 5. The molecule has 0 saturated carbocycles. The summed E-state index contributed by atoms with van der Waals surface area (Å²) in [6.45, 7) is 10.1. The van der Waals surface area contributed by atoms with Crippen LogP contribution in [0.5, 0.6) is 0 Å². The largest absolute Gasteiger partial charge is 0.480 e. The molecular formula is C52H82N10O11. The van der Waals surface area contributed by atoms with Crippen molar-refractivity contribution in [2.45, 2.75) is 128 Å². The van der Waals surface area contributed by atoms with Crippen LogP contribution in [0.3, 0.4) is 0 Å². The van der Waals surface area contributed by atoms with Gasteiger partial charge in [0.1, 0.15) is 12.1 Å². The van der Waals surface area contributed by atoms with Gasteiger partial charge in [-0.2, -0.15) is 0 Å². The number of likely N-dealkylation sites (N-methyl/N-ethyl adjacent to an activating group) is 2. The molecule has 406 valence electrons. The number of hydrogen-bond acceptors (Lipinski definition) is 12. The van der Waals surface area contributed by atoms with Gasteiger partial charge in [-0.1, -0.05) is 83.5 Å². The van der Waals surface area contributed by atoms with E-state index < -0.39 is 78.1 Å². The Hall–Kier alpha value is -6.16. The SMILES string of the molecule is CC[C@H](C)C([C@@H](CC(=O)N1CCC[C@H]1[C@H](OC)[C@@H](C)C(=O)N[C@@H](Cc1ccccc1)C(=O)O)OC)N(C)C(=O)CNC(=O)C(C(C)C)N(C)CCc1ccc(NC(=O)[C@H](CCCNC(N)=O)NC(=O)CN)cc1. The van der Waals surface area contributed by atoms with Gasteiger partial charge in [0, 0.05) is 53.0 Å². The first-order valence-electron chi connectivity index (χ1n) is 25.3. The van der Waals surface area contributed by atoms with Crippen LogP contribution in [0.15, 0.2) is 54.6 Å². The molecule has 0 aromatic heterocycles. The van der Waals surface area contributed by atoms with Crippen molar-refractivity contribution in [2.24, 2.45) is 29.2 Å². The Morgan fingerprint density at radius 2 is 1.52 bits per heavy atom. The molecular weight excluding hydrogens is 941 g/mol. The number of primary amides is 1. The summed E-state index contributed by atoms with van der Waals surface area (Å²) in [6.07, 6.45) is 1.71. The van der Waals surface area contributed by atoms with Gasteiger partial charge in [-0.05, 0) is 74.2 Å². The fourth-order valence-corrected chi connectivity index (χ4v) is 9.55. The molecule has 8 amide bonds. The lowest BCUT2D eigenvalue weighted by Gasteiger charge is -2.39. The Labute approximate surface area is 430 Å². The van der Waals surface area contributed by atoms with Crippen LogP contribution in [0.2, 0.25) is 0 Å². The third kappa shape index (κ3) is 19.0. The van der Waals surface area contributed by atoms with E-state index in [0.717, 1.165) is 11.1 Å². The van der Waals surface area contributed by atoms with Crippen molar-refractivity contribution < 1.29 is 52.9 Å². The monoisotopic (exact) mass is 1020 g/mol. The standard InChI is InChI=1S/C52H82N10O11/c1-10-33(4)46(41(72-8)29-43(64)62-26-15-19-40(62)47(73-9)34(5)48(66)59-39(51(69)70)28-36-16-12-11-13-17-36)61(7)44(65)31-56-50(68)45(32(2)3)60(6)27-24-35-20-22-37(23-21-35)57-49(67)38(58-42(63)30-53)18-14-25-55-52(54)71/h11-13,16-17,20-23,32-34,38-41,45-47H,10,14-15,18-19,24-31,53H2,1-9H3,(H,56,68)(H,57,67)(H,58,63)(H,59,66)(H,69,70)(H3,54,55,71)/t33-,34+,38-,39-,40-,41+,45?,46?,47+/m0/s1. The molecule has 21 heteroatoms. The van der Waals surface area contributed by atoms with Gasteiger partial charge < -0.3 is 62.4 Å². The number of carbonyl (C=O) groups excluding carboxylic acids is 7. The number of anilines is 1. The highest BCUT2D eigenvalue weighted by molar-refractivity contribution is 5.97.